The first-order valence-electron chi connectivity index (χ1n) is 7.90. The Hall–Kier alpha value is -1.75. The second kappa shape index (κ2) is 7.49. The van der Waals surface area contributed by atoms with Crippen LogP contribution in [0.2, 0.25) is 0 Å². The summed E-state index contributed by atoms with van der Waals surface area (Å²) in [5, 5.41) is 22.8. The van der Waals surface area contributed by atoms with E-state index in [-0.39, 0.29) is 18.1 Å². The molecule has 0 aliphatic heterocycles. The van der Waals surface area contributed by atoms with Gasteiger partial charge in [-0.15, -0.1) is 0 Å². The third-order valence-corrected chi connectivity index (χ3v) is 4.04. The highest BCUT2D eigenvalue weighted by Gasteiger charge is 2.29. The Kier molecular flexibility index (Phi) is 5.66. The van der Waals surface area contributed by atoms with Crippen molar-refractivity contribution in [2.24, 2.45) is 5.92 Å². The fraction of sp³-hybridized carbons (Fsp3) is 0.588. The maximum atomic E-state index is 11.1. The number of carbonyl (C=O) groups is 1. The molecule has 1 fully saturated rings. The van der Waals surface area contributed by atoms with Gasteiger partial charge in [0.15, 0.2) is 0 Å². The lowest BCUT2D eigenvalue weighted by atomic mass is 10.0. The van der Waals surface area contributed by atoms with Crippen LogP contribution in [0.4, 0.5) is 5.69 Å². The number of aliphatic hydroxyl groups is 1. The molecule has 0 amide bonds. The van der Waals surface area contributed by atoms with Crippen LogP contribution in [0.5, 0.6) is 5.75 Å². The van der Waals surface area contributed by atoms with E-state index in [2.05, 4.69) is 5.32 Å². The van der Waals surface area contributed by atoms with Crippen molar-refractivity contribution >= 4 is 11.7 Å². The van der Waals surface area contributed by atoms with Gasteiger partial charge in [0.25, 0.3) is 0 Å². The summed E-state index contributed by atoms with van der Waals surface area (Å²) in [6.07, 6.45) is 1.77. The van der Waals surface area contributed by atoms with E-state index < -0.39 is 12.1 Å². The minimum atomic E-state index is -0.767. The zero-order valence-electron chi connectivity index (χ0n) is 13.2. The molecule has 0 unspecified atom stereocenters. The van der Waals surface area contributed by atoms with E-state index in [1.807, 2.05) is 38.1 Å². The van der Waals surface area contributed by atoms with E-state index >= 15 is 0 Å². The molecule has 1 aromatic carbocycles. The number of nitrogens with one attached hydrogen (secondary N) is 1. The van der Waals surface area contributed by atoms with Crippen molar-refractivity contribution in [1.29, 1.82) is 0 Å². The number of aliphatic carboxylic acids is 1. The molecule has 1 aliphatic rings. The van der Waals surface area contributed by atoms with E-state index in [4.69, 9.17) is 9.84 Å². The van der Waals surface area contributed by atoms with Crippen LogP contribution in [-0.2, 0) is 4.79 Å². The van der Waals surface area contributed by atoms with Crippen LogP contribution in [0.3, 0.4) is 0 Å². The lowest BCUT2D eigenvalue weighted by Crippen LogP contribution is -2.32. The van der Waals surface area contributed by atoms with Crippen molar-refractivity contribution in [3.63, 3.8) is 0 Å². The van der Waals surface area contributed by atoms with Crippen LogP contribution in [-0.4, -0.2) is 34.4 Å². The Morgan fingerprint density at radius 3 is 2.59 bits per heavy atom. The summed E-state index contributed by atoms with van der Waals surface area (Å²) in [6.45, 7) is 3.93. The maximum Gasteiger partial charge on any atom is 0.306 e. The first-order valence-corrected chi connectivity index (χ1v) is 7.90. The summed E-state index contributed by atoms with van der Waals surface area (Å²) in [7, 11) is 0. The van der Waals surface area contributed by atoms with Crippen LogP contribution in [0.1, 0.15) is 39.5 Å². The van der Waals surface area contributed by atoms with Gasteiger partial charge in [-0.2, -0.15) is 0 Å². The van der Waals surface area contributed by atoms with Gasteiger partial charge < -0.3 is 20.3 Å². The van der Waals surface area contributed by atoms with E-state index in [1.165, 1.54) is 0 Å². The Balaban J connectivity index is 2.08. The fourth-order valence-electron chi connectivity index (χ4n) is 2.85. The molecule has 0 spiro atoms. The van der Waals surface area contributed by atoms with Gasteiger partial charge in [0.1, 0.15) is 5.75 Å². The van der Waals surface area contributed by atoms with Gasteiger partial charge >= 0.3 is 5.97 Å². The molecule has 0 saturated heterocycles. The van der Waals surface area contributed by atoms with E-state index in [0.29, 0.717) is 25.7 Å². The molecule has 122 valence electrons. The number of para-hydroxylation sites is 2. The molecular formula is C17H25NO4. The minimum absolute atomic E-state index is 0.0680. The van der Waals surface area contributed by atoms with E-state index in [9.17, 15) is 9.90 Å². The normalized spacial score (nSPS) is 25.5. The number of carboxylic acid groups (broad SMARTS) is 1. The molecular weight excluding hydrogens is 282 g/mol. The number of hydrogen-bond acceptors (Lipinski definition) is 4. The minimum Gasteiger partial charge on any atom is -0.489 e. The van der Waals surface area contributed by atoms with Crippen LogP contribution in [0, 0.1) is 5.92 Å². The lowest BCUT2D eigenvalue weighted by molar-refractivity contribution is -0.142. The molecule has 1 aliphatic carbocycles. The van der Waals surface area contributed by atoms with Crippen LogP contribution in [0.15, 0.2) is 24.3 Å². The number of aliphatic hydroxyl groups excluding tert-OH is 1. The molecule has 5 nitrogen and oxygen atoms in total. The third-order valence-electron chi connectivity index (χ3n) is 4.04. The molecule has 22 heavy (non-hydrogen) atoms. The smallest absolute Gasteiger partial charge is 0.306 e. The van der Waals surface area contributed by atoms with Gasteiger partial charge in [0, 0.05) is 0 Å². The summed E-state index contributed by atoms with van der Waals surface area (Å²) >= 11 is 0. The lowest BCUT2D eigenvalue weighted by Gasteiger charge is -2.24. The van der Waals surface area contributed by atoms with Crippen molar-refractivity contribution in [3.8, 4) is 5.75 Å². The highest BCUT2D eigenvalue weighted by Crippen LogP contribution is 2.30. The second-order valence-electron chi connectivity index (χ2n) is 6.17. The predicted octanol–water partition coefficient (Wildman–Crippen LogP) is 2.89. The molecule has 0 aromatic heterocycles. The van der Waals surface area contributed by atoms with Gasteiger partial charge in [-0.05, 0) is 51.7 Å². The SMILES string of the molecule is CC(C)Oc1ccccc1N[C@H]1CC[C@@H](C(=O)O)CC[C@@H]1O. The maximum absolute atomic E-state index is 11.1. The number of hydrogen-bond donors (Lipinski definition) is 3. The van der Waals surface area contributed by atoms with Gasteiger partial charge in [0.05, 0.1) is 29.9 Å². The van der Waals surface area contributed by atoms with Crippen molar-refractivity contribution in [2.75, 3.05) is 5.32 Å². The third kappa shape index (κ3) is 4.37. The summed E-state index contributed by atoms with van der Waals surface area (Å²) in [4.78, 5) is 11.1. The first-order chi connectivity index (χ1) is 10.5. The first kappa shape index (κ1) is 16.6. The number of benzene rings is 1. The molecule has 0 radical (unpaired) electrons. The molecule has 3 atom stereocenters. The number of ether oxygens (including phenoxy) is 1. The van der Waals surface area contributed by atoms with Gasteiger partial charge in [-0.3, -0.25) is 4.79 Å². The van der Waals surface area contributed by atoms with Crippen molar-refractivity contribution in [2.45, 2.75) is 57.8 Å². The van der Waals surface area contributed by atoms with Crippen LogP contribution >= 0.6 is 0 Å². The second-order valence-corrected chi connectivity index (χ2v) is 6.17. The van der Waals surface area contributed by atoms with E-state index in [0.717, 1.165) is 11.4 Å². The summed E-state index contributed by atoms with van der Waals surface area (Å²) in [5.41, 5.74) is 0.842. The molecule has 1 saturated carbocycles. The molecule has 0 heterocycles. The monoisotopic (exact) mass is 307 g/mol. The topological polar surface area (TPSA) is 78.8 Å². The molecule has 2 rings (SSSR count). The zero-order chi connectivity index (χ0) is 16.1. The van der Waals surface area contributed by atoms with Crippen molar-refractivity contribution in [3.05, 3.63) is 24.3 Å². The fourth-order valence-corrected chi connectivity index (χ4v) is 2.85. The summed E-state index contributed by atoms with van der Waals surface area (Å²) in [6, 6.07) is 7.49. The average Bonchev–Trinajstić information content (AvgIpc) is 2.63. The van der Waals surface area contributed by atoms with Gasteiger partial charge in [-0.25, -0.2) is 0 Å². The standard InChI is InChI=1S/C17H25NO4/c1-11(2)22-16-6-4-3-5-14(16)18-13-9-7-12(17(20)21)8-10-15(13)19/h3-6,11-13,15,18-19H,7-10H2,1-2H3,(H,20,21)/t12-,13+,15+/m1/s1. The van der Waals surface area contributed by atoms with Gasteiger partial charge in [-0.1, -0.05) is 12.1 Å². The van der Waals surface area contributed by atoms with Crippen molar-refractivity contribution in [1.82, 2.24) is 0 Å². The van der Waals surface area contributed by atoms with Crippen LogP contribution < -0.4 is 10.1 Å². The number of carboxylic acids is 1. The Labute approximate surface area is 131 Å². The Morgan fingerprint density at radius 2 is 1.91 bits per heavy atom. The largest absolute Gasteiger partial charge is 0.489 e. The quantitative estimate of drug-likeness (QED) is 0.729. The zero-order valence-corrected chi connectivity index (χ0v) is 13.2. The Morgan fingerprint density at radius 1 is 1.23 bits per heavy atom. The summed E-state index contributed by atoms with van der Waals surface area (Å²) < 4.78 is 5.77. The van der Waals surface area contributed by atoms with Crippen LogP contribution in [0.25, 0.3) is 0 Å². The molecule has 0 bridgehead atoms. The van der Waals surface area contributed by atoms with E-state index in [1.54, 1.807) is 0 Å². The molecule has 3 N–H and O–H groups in total. The highest BCUT2D eigenvalue weighted by molar-refractivity contribution is 5.70. The number of rotatable bonds is 5. The average molecular weight is 307 g/mol. The molecule has 5 heteroatoms. The van der Waals surface area contributed by atoms with Gasteiger partial charge in [0.2, 0.25) is 0 Å². The Bertz CT molecular complexity index is 503. The molecule has 1 aromatic rings. The van der Waals surface area contributed by atoms with Crippen molar-refractivity contribution < 1.29 is 19.7 Å². The highest BCUT2D eigenvalue weighted by atomic mass is 16.5. The predicted molar refractivity (Wildman–Crippen MR) is 85.2 cm³/mol. The summed E-state index contributed by atoms with van der Waals surface area (Å²) in [5.74, 6) is -0.372. The number of anilines is 1.